The van der Waals surface area contributed by atoms with Gasteiger partial charge in [-0.05, 0) is 40.8 Å². The molecule has 0 aliphatic carbocycles. The van der Waals surface area contributed by atoms with E-state index in [9.17, 15) is 18.0 Å². The maximum Gasteiger partial charge on any atom is 0.338 e. The molecule has 0 saturated carbocycles. The first-order valence-electron chi connectivity index (χ1n) is 10.8. The summed E-state index contributed by atoms with van der Waals surface area (Å²) in [5, 5.41) is 0. The molecule has 0 fully saturated rings. The van der Waals surface area contributed by atoms with Gasteiger partial charge in [-0.2, -0.15) is 0 Å². The Bertz CT molecular complexity index is 1110. The number of nitrogens with one attached hydrogen (secondary N) is 1. The highest BCUT2D eigenvalue weighted by Crippen LogP contribution is 2.23. The van der Waals surface area contributed by atoms with Crippen LogP contribution in [0.2, 0.25) is 0 Å². The molecule has 0 aromatic heterocycles. The minimum absolute atomic E-state index is 0.0647. The molecule has 0 unspecified atom stereocenters. The summed E-state index contributed by atoms with van der Waals surface area (Å²) in [6, 6.07) is 13.1. The molecule has 1 N–H and O–H groups in total. The number of hydrogen-bond acceptors (Lipinski definition) is 5. The average Bonchev–Trinajstić information content (AvgIpc) is 2.81. The van der Waals surface area contributed by atoms with Crippen LogP contribution in [0, 0.1) is 0 Å². The molecular weight excluding hydrogens is 452 g/mol. The Balaban J connectivity index is 1.94. The van der Waals surface area contributed by atoms with Crippen molar-refractivity contribution in [1.82, 2.24) is 9.62 Å². The van der Waals surface area contributed by atoms with Crippen LogP contribution in [0.3, 0.4) is 0 Å². The van der Waals surface area contributed by atoms with E-state index in [0.717, 1.165) is 5.56 Å². The molecular formula is C26H32N2O5S. The van der Waals surface area contributed by atoms with Crippen LogP contribution in [0.5, 0.6) is 0 Å². The molecule has 2 aromatic rings. The largest absolute Gasteiger partial charge is 0.452 e. The number of sulfonamides is 1. The summed E-state index contributed by atoms with van der Waals surface area (Å²) in [6.45, 7) is 13.7. The molecule has 0 heterocycles. The molecule has 2 rings (SSSR count). The minimum atomic E-state index is -3.68. The number of rotatable bonds is 11. The maximum absolute atomic E-state index is 12.6. The highest BCUT2D eigenvalue weighted by Gasteiger charge is 2.18. The van der Waals surface area contributed by atoms with Crippen LogP contribution in [0.25, 0.3) is 0 Å². The number of esters is 1. The Hall–Kier alpha value is -3.23. The smallest absolute Gasteiger partial charge is 0.338 e. The third kappa shape index (κ3) is 7.67. The second-order valence-electron chi connectivity index (χ2n) is 8.75. The van der Waals surface area contributed by atoms with Crippen molar-refractivity contribution in [2.75, 3.05) is 19.7 Å². The van der Waals surface area contributed by atoms with Crippen molar-refractivity contribution < 1.29 is 22.7 Å². The second kappa shape index (κ2) is 11.8. The quantitative estimate of drug-likeness (QED) is 0.387. The van der Waals surface area contributed by atoms with Gasteiger partial charge in [-0.25, -0.2) is 17.9 Å². The zero-order valence-corrected chi connectivity index (χ0v) is 20.7. The van der Waals surface area contributed by atoms with Gasteiger partial charge in [0.15, 0.2) is 6.61 Å². The maximum atomic E-state index is 12.6. The molecule has 8 heteroatoms. The van der Waals surface area contributed by atoms with Crippen LogP contribution in [0.15, 0.2) is 78.7 Å². The van der Waals surface area contributed by atoms with Gasteiger partial charge in [-0.15, -0.1) is 13.2 Å². The molecule has 0 atom stereocenters. The number of benzene rings is 2. The van der Waals surface area contributed by atoms with Gasteiger partial charge < -0.3 is 9.64 Å². The van der Waals surface area contributed by atoms with E-state index < -0.39 is 22.6 Å². The number of carbonyl (C=O) groups excluding carboxylic acids is 2. The lowest BCUT2D eigenvalue weighted by atomic mass is 9.87. The predicted molar refractivity (Wildman–Crippen MR) is 133 cm³/mol. The number of amides is 1. The first-order chi connectivity index (χ1) is 16.0. The van der Waals surface area contributed by atoms with Gasteiger partial charge in [0.25, 0.3) is 5.91 Å². The molecule has 0 saturated heterocycles. The van der Waals surface area contributed by atoms with Crippen LogP contribution >= 0.6 is 0 Å². The molecule has 0 bridgehead atoms. The highest BCUT2D eigenvalue weighted by atomic mass is 32.2. The van der Waals surface area contributed by atoms with Crippen molar-refractivity contribution in [2.45, 2.75) is 37.6 Å². The normalized spacial score (nSPS) is 11.5. The van der Waals surface area contributed by atoms with Crippen molar-refractivity contribution in [3.8, 4) is 0 Å². The summed E-state index contributed by atoms with van der Waals surface area (Å²) < 4.78 is 32.9. The molecule has 34 heavy (non-hydrogen) atoms. The van der Waals surface area contributed by atoms with Crippen molar-refractivity contribution in [3.05, 3.63) is 90.5 Å². The SMILES string of the molecule is C=CCN(CC=C)C(=O)COC(=O)c1ccc(CNS(=O)(=O)c2ccc(C(C)(C)C)cc2)cc1. The van der Waals surface area contributed by atoms with E-state index in [0.29, 0.717) is 18.7 Å². The Morgan fingerprint density at radius 1 is 0.971 bits per heavy atom. The van der Waals surface area contributed by atoms with Gasteiger partial charge >= 0.3 is 5.97 Å². The Morgan fingerprint density at radius 3 is 2.03 bits per heavy atom. The Labute approximate surface area is 202 Å². The van der Waals surface area contributed by atoms with Crippen molar-refractivity contribution >= 4 is 21.9 Å². The van der Waals surface area contributed by atoms with Crippen molar-refractivity contribution in [3.63, 3.8) is 0 Å². The summed E-state index contributed by atoms with van der Waals surface area (Å²) >= 11 is 0. The summed E-state index contributed by atoms with van der Waals surface area (Å²) in [6.07, 6.45) is 3.16. The molecule has 0 radical (unpaired) electrons. The predicted octanol–water partition coefficient (Wildman–Crippen LogP) is 3.82. The molecule has 7 nitrogen and oxygen atoms in total. The lowest BCUT2D eigenvalue weighted by Crippen LogP contribution is -2.35. The van der Waals surface area contributed by atoms with Crippen LogP contribution in [-0.2, 0) is 31.5 Å². The third-order valence-corrected chi connectivity index (χ3v) is 6.48. The van der Waals surface area contributed by atoms with Gasteiger partial charge in [0.2, 0.25) is 10.0 Å². The summed E-state index contributed by atoms with van der Waals surface area (Å²) in [4.78, 5) is 26.1. The fourth-order valence-corrected chi connectivity index (χ4v) is 4.06. The zero-order valence-electron chi connectivity index (χ0n) is 19.9. The average molecular weight is 485 g/mol. The fourth-order valence-electron chi connectivity index (χ4n) is 3.05. The molecule has 1 amide bonds. The molecule has 0 aliphatic heterocycles. The first-order valence-corrected chi connectivity index (χ1v) is 12.3. The van der Waals surface area contributed by atoms with Gasteiger partial charge in [0.1, 0.15) is 0 Å². The number of carbonyl (C=O) groups is 2. The first kappa shape index (κ1) is 27.0. The van der Waals surface area contributed by atoms with Crippen LogP contribution in [0.4, 0.5) is 0 Å². The lowest BCUT2D eigenvalue weighted by Gasteiger charge is -2.19. The van der Waals surface area contributed by atoms with E-state index in [1.807, 2.05) is 12.1 Å². The van der Waals surface area contributed by atoms with Crippen molar-refractivity contribution in [1.29, 1.82) is 0 Å². The van der Waals surface area contributed by atoms with Gasteiger partial charge in [-0.1, -0.05) is 57.2 Å². The van der Waals surface area contributed by atoms with Gasteiger partial charge in [-0.3, -0.25) is 4.79 Å². The fraction of sp³-hybridized carbons (Fsp3) is 0.308. The van der Waals surface area contributed by atoms with E-state index in [-0.39, 0.29) is 28.3 Å². The number of nitrogens with zero attached hydrogens (tertiary/aromatic N) is 1. The Kier molecular flexibility index (Phi) is 9.35. The Morgan fingerprint density at radius 2 is 1.53 bits per heavy atom. The molecule has 182 valence electrons. The number of hydrogen-bond donors (Lipinski definition) is 1. The summed E-state index contributed by atoms with van der Waals surface area (Å²) in [7, 11) is -3.68. The summed E-state index contributed by atoms with van der Waals surface area (Å²) in [5.41, 5.74) is 1.91. The summed E-state index contributed by atoms with van der Waals surface area (Å²) in [5.74, 6) is -0.994. The van der Waals surface area contributed by atoms with Crippen molar-refractivity contribution in [2.24, 2.45) is 0 Å². The zero-order chi connectivity index (χ0) is 25.4. The van der Waals surface area contributed by atoms with Crippen LogP contribution in [0.1, 0.15) is 42.3 Å². The molecule has 0 aliphatic rings. The van der Waals surface area contributed by atoms with Gasteiger partial charge in [0.05, 0.1) is 10.5 Å². The topological polar surface area (TPSA) is 92.8 Å². The van der Waals surface area contributed by atoms with E-state index >= 15 is 0 Å². The van der Waals surface area contributed by atoms with E-state index in [1.165, 1.54) is 17.0 Å². The van der Waals surface area contributed by atoms with Gasteiger partial charge in [0, 0.05) is 19.6 Å². The molecule has 0 spiro atoms. The van der Waals surface area contributed by atoms with E-state index in [2.05, 4.69) is 38.7 Å². The van der Waals surface area contributed by atoms with Crippen LogP contribution in [-0.4, -0.2) is 44.9 Å². The monoisotopic (exact) mass is 484 g/mol. The van der Waals surface area contributed by atoms with Crippen LogP contribution < -0.4 is 4.72 Å². The second-order valence-corrected chi connectivity index (χ2v) is 10.5. The minimum Gasteiger partial charge on any atom is -0.452 e. The van der Waals surface area contributed by atoms with E-state index in [1.54, 1.807) is 36.4 Å². The third-order valence-electron chi connectivity index (χ3n) is 5.07. The number of ether oxygens (including phenoxy) is 1. The lowest BCUT2D eigenvalue weighted by molar-refractivity contribution is -0.133. The molecule has 2 aromatic carbocycles. The van der Waals surface area contributed by atoms with E-state index in [4.69, 9.17) is 4.74 Å². The highest BCUT2D eigenvalue weighted by molar-refractivity contribution is 7.89. The standard InChI is InChI=1S/C26H32N2O5S/c1-6-16-28(17-7-2)24(29)19-33-25(30)21-10-8-20(9-11-21)18-27-34(31,32)23-14-12-22(13-15-23)26(3,4)5/h6-15,27H,1-2,16-19H2,3-5H3.